The highest BCUT2D eigenvalue weighted by atomic mass is 16.6. The van der Waals surface area contributed by atoms with Gasteiger partial charge in [0.25, 0.3) is 0 Å². The number of carbonyl (C=O) groups is 1. The van der Waals surface area contributed by atoms with Gasteiger partial charge in [-0.3, -0.25) is 4.68 Å². The molecule has 1 amide bonds. The fourth-order valence-corrected chi connectivity index (χ4v) is 2.17. The first-order chi connectivity index (χ1) is 9.74. The molecule has 2 rings (SSSR count). The Labute approximate surface area is 124 Å². The maximum atomic E-state index is 12.0. The number of ether oxygens (including phenoxy) is 2. The number of amides is 1. The van der Waals surface area contributed by atoms with Gasteiger partial charge >= 0.3 is 6.09 Å². The molecule has 0 radical (unpaired) electrons. The second-order valence-electron chi connectivity index (χ2n) is 6.29. The van der Waals surface area contributed by atoms with Gasteiger partial charge in [0, 0.05) is 20.0 Å². The molecule has 21 heavy (non-hydrogen) atoms. The molecular weight excluding hydrogens is 274 g/mol. The van der Waals surface area contributed by atoms with Crippen molar-refractivity contribution in [1.82, 2.24) is 14.7 Å². The minimum Gasteiger partial charge on any atom is -0.484 e. The number of β-amino-alcohol motifs (C(OH)–C–C–N with tert-alkyl or cyclic N) is 1. The van der Waals surface area contributed by atoms with Crippen molar-refractivity contribution in [2.45, 2.75) is 45.0 Å². The second-order valence-corrected chi connectivity index (χ2v) is 6.29. The summed E-state index contributed by atoms with van der Waals surface area (Å²) in [7, 11) is 1.80. The third-order valence-corrected chi connectivity index (χ3v) is 3.14. The lowest BCUT2D eigenvalue weighted by molar-refractivity contribution is -0.0374. The number of aliphatic hydroxyl groups excluding tert-OH is 1. The van der Waals surface area contributed by atoms with Crippen LogP contribution in [0.4, 0.5) is 4.79 Å². The number of aryl methyl sites for hydroxylation is 1. The van der Waals surface area contributed by atoms with Gasteiger partial charge in [0.2, 0.25) is 0 Å². The molecule has 0 saturated carbocycles. The third-order valence-electron chi connectivity index (χ3n) is 3.14. The van der Waals surface area contributed by atoms with Crippen molar-refractivity contribution in [3.05, 3.63) is 12.4 Å². The summed E-state index contributed by atoms with van der Waals surface area (Å²) >= 11 is 0. The average Bonchev–Trinajstić information content (AvgIpc) is 2.75. The maximum absolute atomic E-state index is 12.0. The number of hydrogen-bond donors (Lipinski definition) is 1. The molecule has 1 aromatic heterocycles. The molecule has 1 aliphatic heterocycles. The zero-order chi connectivity index (χ0) is 15.6. The summed E-state index contributed by atoms with van der Waals surface area (Å²) in [5, 5.41) is 14.2. The van der Waals surface area contributed by atoms with Gasteiger partial charge in [-0.1, -0.05) is 0 Å². The largest absolute Gasteiger partial charge is 0.484 e. The van der Waals surface area contributed by atoms with Crippen LogP contribution in [0, 0.1) is 0 Å². The summed E-state index contributed by atoms with van der Waals surface area (Å²) in [6.07, 6.45) is 2.41. The third kappa shape index (κ3) is 4.35. The van der Waals surface area contributed by atoms with Crippen LogP contribution in [-0.4, -0.2) is 56.8 Å². The lowest BCUT2D eigenvalue weighted by Crippen LogP contribution is -2.52. The molecule has 2 heterocycles. The number of aliphatic hydroxyl groups is 1. The zero-order valence-corrected chi connectivity index (χ0v) is 12.9. The number of nitrogens with zero attached hydrogens (tertiary/aromatic N) is 3. The van der Waals surface area contributed by atoms with E-state index in [2.05, 4.69) is 5.10 Å². The van der Waals surface area contributed by atoms with E-state index in [1.165, 1.54) is 4.90 Å². The molecular formula is C14H23N3O4. The Kier molecular flexibility index (Phi) is 4.41. The van der Waals surface area contributed by atoms with E-state index in [-0.39, 0.29) is 12.6 Å². The molecule has 1 aliphatic rings. The molecule has 2 unspecified atom stereocenters. The monoisotopic (exact) mass is 297 g/mol. The van der Waals surface area contributed by atoms with Crippen molar-refractivity contribution in [2.75, 3.05) is 13.1 Å². The molecule has 1 fully saturated rings. The van der Waals surface area contributed by atoms with Gasteiger partial charge in [-0.2, -0.15) is 5.10 Å². The molecule has 0 aliphatic carbocycles. The molecule has 0 spiro atoms. The fourth-order valence-electron chi connectivity index (χ4n) is 2.17. The molecule has 1 aromatic rings. The smallest absolute Gasteiger partial charge is 0.410 e. The number of aromatic nitrogens is 2. The predicted molar refractivity (Wildman–Crippen MR) is 76.1 cm³/mol. The molecule has 2 atom stereocenters. The van der Waals surface area contributed by atoms with Gasteiger partial charge in [-0.25, -0.2) is 4.79 Å². The molecule has 1 saturated heterocycles. The Bertz CT molecular complexity index is 495. The highest BCUT2D eigenvalue weighted by Gasteiger charge is 2.33. The number of piperidine rings is 1. The number of likely N-dealkylation sites (tertiary alicyclic amines) is 1. The van der Waals surface area contributed by atoms with Crippen LogP contribution in [0.3, 0.4) is 0 Å². The first-order valence-corrected chi connectivity index (χ1v) is 7.06. The van der Waals surface area contributed by atoms with E-state index >= 15 is 0 Å². The van der Waals surface area contributed by atoms with Crippen molar-refractivity contribution < 1.29 is 19.4 Å². The van der Waals surface area contributed by atoms with Crippen LogP contribution < -0.4 is 4.74 Å². The van der Waals surface area contributed by atoms with Gasteiger partial charge in [-0.05, 0) is 20.8 Å². The Balaban J connectivity index is 1.88. The van der Waals surface area contributed by atoms with E-state index in [9.17, 15) is 9.90 Å². The van der Waals surface area contributed by atoms with E-state index < -0.39 is 17.8 Å². The topological polar surface area (TPSA) is 76.8 Å². The minimum absolute atomic E-state index is 0.208. The normalized spacial score (nSPS) is 23.0. The molecule has 0 bridgehead atoms. The van der Waals surface area contributed by atoms with Crippen LogP contribution in [0.5, 0.6) is 5.75 Å². The molecule has 7 heteroatoms. The van der Waals surface area contributed by atoms with E-state index in [1.807, 2.05) is 20.8 Å². The molecule has 118 valence electrons. The van der Waals surface area contributed by atoms with E-state index in [0.717, 1.165) is 0 Å². The van der Waals surface area contributed by atoms with Crippen molar-refractivity contribution in [2.24, 2.45) is 7.05 Å². The van der Waals surface area contributed by atoms with E-state index in [1.54, 1.807) is 24.1 Å². The van der Waals surface area contributed by atoms with Gasteiger partial charge in [0.05, 0.1) is 18.9 Å². The minimum atomic E-state index is -0.744. The predicted octanol–water partition coefficient (Wildman–Crippen LogP) is 1.17. The average molecular weight is 297 g/mol. The van der Waals surface area contributed by atoms with Crippen LogP contribution in [0.1, 0.15) is 27.2 Å². The summed E-state index contributed by atoms with van der Waals surface area (Å²) < 4.78 is 12.6. The summed E-state index contributed by atoms with van der Waals surface area (Å²) in [6.45, 7) is 6.16. The molecule has 1 N–H and O–H groups in total. The standard InChI is InChI=1S/C14H23N3O4/c1-14(2,3)21-13(19)17-6-5-12(11(18)9-17)20-10-7-15-16(4)8-10/h7-8,11-12,18H,5-6,9H2,1-4H3. The van der Waals surface area contributed by atoms with Gasteiger partial charge < -0.3 is 19.5 Å². The van der Waals surface area contributed by atoms with Crippen molar-refractivity contribution >= 4 is 6.09 Å². The van der Waals surface area contributed by atoms with Crippen LogP contribution in [-0.2, 0) is 11.8 Å². The Morgan fingerprint density at radius 1 is 1.48 bits per heavy atom. The fraction of sp³-hybridized carbons (Fsp3) is 0.714. The van der Waals surface area contributed by atoms with Crippen molar-refractivity contribution in [3.8, 4) is 5.75 Å². The van der Waals surface area contributed by atoms with Gasteiger partial charge in [0.15, 0.2) is 5.75 Å². The van der Waals surface area contributed by atoms with Crippen LogP contribution in [0.15, 0.2) is 12.4 Å². The molecule has 7 nitrogen and oxygen atoms in total. The lowest BCUT2D eigenvalue weighted by atomic mass is 10.1. The Hall–Kier alpha value is -1.76. The van der Waals surface area contributed by atoms with Crippen LogP contribution in [0.25, 0.3) is 0 Å². The zero-order valence-electron chi connectivity index (χ0n) is 12.9. The summed E-state index contributed by atoms with van der Waals surface area (Å²) in [6, 6.07) is 0. The quantitative estimate of drug-likeness (QED) is 0.886. The van der Waals surface area contributed by atoms with Crippen molar-refractivity contribution in [3.63, 3.8) is 0 Å². The van der Waals surface area contributed by atoms with Crippen LogP contribution >= 0.6 is 0 Å². The summed E-state index contributed by atoms with van der Waals surface area (Å²) in [4.78, 5) is 13.5. The second kappa shape index (κ2) is 5.93. The Morgan fingerprint density at radius 3 is 2.71 bits per heavy atom. The molecule has 0 aromatic carbocycles. The number of carbonyl (C=O) groups excluding carboxylic acids is 1. The van der Waals surface area contributed by atoms with Gasteiger partial charge in [0.1, 0.15) is 17.8 Å². The first kappa shape index (κ1) is 15.6. The van der Waals surface area contributed by atoms with E-state index in [0.29, 0.717) is 18.7 Å². The maximum Gasteiger partial charge on any atom is 0.410 e. The van der Waals surface area contributed by atoms with Gasteiger partial charge in [-0.15, -0.1) is 0 Å². The SMILES string of the molecule is Cn1cc(OC2CCN(C(=O)OC(C)(C)C)CC2O)cn1. The highest BCUT2D eigenvalue weighted by Crippen LogP contribution is 2.20. The van der Waals surface area contributed by atoms with Crippen LogP contribution in [0.2, 0.25) is 0 Å². The number of rotatable bonds is 2. The lowest BCUT2D eigenvalue weighted by Gasteiger charge is -2.36. The first-order valence-electron chi connectivity index (χ1n) is 7.06. The van der Waals surface area contributed by atoms with Crippen molar-refractivity contribution in [1.29, 1.82) is 0 Å². The highest BCUT2D eigenvalue weighted by molar-refractivity contribution is 5.68. The summed E-state index contributed by atoms with van der Waals surface area (Å²) in [5.41, 5.74) is -0.537. The summed E-state index contributed by atoms with van der Waals surface area (Å²) in [5.74, 6) is 0.618. The number of hydrogen-bond acceptors (Lipinski definition) is 5. The Morgan fingerprint density at radius 2 is 2.19 bits per heavy atom. The van der Waals surface area contributed by atoms with E-state index in [4.69, 9.17) is 9.47 Å².